The van der Waals surface area contributed by atoms with Crippen LogP contribution in [0.2, 0.25) is 5.02 Å². The minimum Gasteiger partial charge on any atom is -0.313 e. The van der Waals surface area contributed by atoms with Crippen molar-refractivity contribution in [3.63, 3.8) is 0 Å². The summed E-state index contributed by atoms with van der Waals surface area (Å²) in [7, 11) is 4.22. The van der Waals surface area contributed by atoms with E-state index < -0.39 is 0 Å². The van der Waals surface area contributed by atoms with Crippen molar-refractivity contribution in [2.45, 2.75) is 39.3 Å². The van der Waals surface area contributed by atoms with E-state index in [-0.39, 0.29) is 0 Å². The van der Waals surface area contributed by atoms with Gasteiger partial charge in [0, 0.05) is 17.1 Å². The molecule has 2 atom stereocenters. The van der Waals surface area contributed by atoms with Crippen LogP contribution >= 0.6 is 11.6 Å². The fraction of sp³-hybridized carbons (Fsp3) is 0.625. The molecule has 0 heterocycles. The Hall–Kier alpha value is -0.570. The average Bonchev–Trinajstić information content (AvgIpc) is 2.38. The van der Waals surface area contributed by atoms with E-state index in [4.69, 9.17) is 11.6 Å². The van der Waals surface area contributed by atoms with Crippen LogP contribution in [0.1, 0.15) is 38.8 Å². The molecule has 3 heteroatoms. The van der Waals surface area contributed by atoms with Crippen LogP contribution in [0.15, 0.2) is 24.3 Å². The summed E-state index contributed by atoms with van der Waals surface area (Å²) in [6.45, 7) is 7.91. The molecule has 1 aromatic rings. The van der Waals surface area contributed by atoms with Gasteiger partial charge < -0.3 is 10.2 Å². The molecule has 0 saturated heterocycles. The molecule has 19 heavy (non-hydrogen) atoms. The van der Waals surface area contributed by atoms with Gasteiger partial charge in [0.2, 0.25) is 0 Å². The number of nitrogens with one attached hydrogen (secondary N) is 1. The van der Waals surface area contributed by atoms with Gasteiger partial charge in [0.1, 0.15) is 0 Å². The second-order valence-electron chi connectivity index (χ2n) is 5.65. The van der Waals surface area contributed by atoms with E-state index in [2.05, 4.69) is 50.2 Å². The van der Waals surface area contributed by atoms with Crippen LogP contribution in [0.5, 0.6) is 0 Å². The molecule has 0 aliphatic rings. The highest BCUT2D eigenvalue weighted by atomic mass is 35.5. The van der Waals surface area contributed by atoms with Gasteiger partial charge in [-0.2, -0.15) is 0 Å². The molecule has 0 bridgehead atoms. The van der Waals surface area contributed by atoms with Gasteiger partial charge in [-0.25, -0.2) is 0 Å². The standard InChI is InChI=1S/C16H27ClN2/c1-12(2)13(3)19(5)10-9-16(18-4)14-7-6-8-15(17)11-14/h6-8,11-13,16,18H,9-10H2,1-5H3. The number of rotatable bonds is 7. The van der Waals surface area contributed by atoms with Gasteiger partial charge in [-0.05, 0) is 57.6 Å². The Morgan fingerprint density at radius 2 is 1.95 bits per heavy atom. The zero-order chi connectivity index (χ0) is 14.4. The molecule has 0 aliphatic heterocycles. The van der Waals surface area contributed by atoms with Crippen molar-refractivity contribution in [2.24, 2.45) is 5.92 Å². The Morgan fingerprint density at radius 1 is 1.26 bits per heavy atom. The van der Waals surface area contributed by atoms with E-state index in [1.165, 1.54) is 5.56 Å². The third-order valence-corrected chi connectivity index (χ3v) is 4.27. The zero-order valence-corrected chi connectivity index (χ0v) is 13.5. The maximum atomic E-state index is 6.06. The van der Waals surface area contributed by atoms with Crippen molar-refractivity contribution in [2.75, 3.05) is 20.6 Å². The molecule has 0 radical (unpaired) electrons. The first-order valence-corrected chi connectivity index (χ1v) is 7.46. The van der Waals surface area contributed by atoms with Crippen LogP contribution in [0.3, 0.4) is 0 Å². The summed E-state index contributed by atoms with van der Waals surface area (Å²) >= 11 is 6.06. The quantitative estimate of drug-likeness (QED) is 0.814. The first-order valence-electron chi connectivity index (χ1n) is 7.08. The largest absolute Gasteiger partial charge is 0.313 e. The molecule has 0 aromatic heterocycles. The molecular weight excluding hydrogens is 256 g/mol. The topological polar surface area (TPSA) is 15.3 Å². The molecule has 2 unspecified atom stereocenters. The molecule has 2 nitrogen and oxygen atoms in total. The Bertz CT molecular complexity index is 379. The number of hydrogen-bond acceptors (Lipinski definition) is 2. The summed E-state index contributed by atoms with van der Waals surface area (Å²) < 4.78 is 0. The van der Waals surface area contributed by atoms with E-state index in [1.54, 1.807) is 0 Å². The van der Waals surface area contributed by atoms with Crippen LogP contribution in [0.25, 0.3) is 0 Å². The van der Waals surface area contributed by atoms with Gasteiger partial charge in [0.05, 0.1) is 0 Å². The summed E-state index contributed by atoms with van der Waals surface area (Å²) in [6, 6.07) is 9.10. The fourth-order valence-corrected chi connectivity index (χ4v) is 2.45. The van der Waals surface area contributed by atoms with Crippen molar-refractivity contribution in [1.82, 2.24) is 10.2 Å². The van der Waals surface area contributed by atoms with Crippen molar-refractivity contribution in [1.29, 1.82) is 0 Å². The highest BCUT2D eigenvalue weighted by Crippen LogP contribution is 2.21. The second kappa shape index (κ2) is 7.88. The summed E-state index contributed by atoms with van der Waals surface area (Å²) in [6.07, 6.45) is 1.09. The van der Waals surface area contributed by atoms with Gasteiger partial charge in [-0.15, -0.1) is 0 Å². The SMILES string of the molecule is CNC(CCN(C)C(C)C(C)C)c1cccc(Cl)c1. The summed E-state index contributed by atoms with van der Waals surface area (Å²) in [5, 5.41) is 4.19. The lowest BCUT2D eigenvalue weighted by Gasteiger charge is -2.29. The lowest BCUT2D eigenvalue weighted by Crippen LogP contribution is -2.35. The van der Waals surface area contributed by atoms with E-state index in [0.717, 1.165) is 18.0 Å². The Morgan fingerprint density at radius 3 is 2.47 bits per heavy atom. The van der Waals surface area contributed by atoms with E-state index in [0.29, 0.717) is 18.0 Å². The minimum atomic E-state index is 0.362. The first kappa shape index (κ1) is 16.5. The third-order valence-electron chi connectivity index (χ3n) is 4.03. The monoisotopic (exact) mass is 282 g/mol. The molecule has 0 aliphatic carbocycles. The van der Waals surface area contributed by atoms with Gasteiger partial charge in [-0.3, -0.25) is 0 Å². The maximum Gasteiger partial charge on any atom is 0.0409 e. The Labute approximate surface area is 123 Å². The lowest BCUT2D eigenvalue weighted by atomic mass is 10.0. The molecule has 108 valence electrons. The molecule has 0 saturated carbocycles. The van der Waals surface area contributed by atoms with Crippen LogP contribution in [0.4, 0.5) is 0 Å². The van der Waals surface area contributed by atoms with E-state index in [1.807, 2.05) is 19.2 Å². The van der Waals surface area contributed by atoms with E-state index in [9.17, 15) is 0 Å². The van der Waals surface area contributed by atoms with Crippen molar-refractivity contribution in [3.05, 3.63) is 34.9 Å². The summed E-state index contributed by atoms with van der Waals surface area (Å²) in [5.74, 6) is 0.684. The highest BCUT2D eigenvalue weighted by molar-refractivity contribution is 6.30. The van der Waals surface area contributed by atoms with Crippen molar-refractivity contribution in [3.8, 4) is 0 Å². The predicted octanol–water partition coefficient (Wildman–Crippen LogP) is 3.97. The lowest BCUT2D eigenvalue weighted by molar-refractivity contribution is 0.199. The van der Waals surface area contributed by atoms with Crippen LogP contribution < -0.4 is 5.32 Å². The van der Waals surface area contributed by atoms with Crippen LogP contribution in [-0.2, 0) is 0 Å². The highest BCUT2D eigenvalue weighted by Gasteiger charge is 2.15. The molecule has 1 aromatic carbocycles. The normalized spacial score (nSPS) is 14.9. The van der Waals surface area contributed by atoms with Crippen molar-refractivity contribution < 1.29 is 0 Å². The van der Waals surface area contributed by atoms with Gasteiger partial charge in [0.15, 0.2) is 0 Å². The third kappa shape index (κ3) is 5.13. The smallest absolute Gasteiger partial charge is 0.0409 e. The fourth-order valence-electron chi connectivity index (χ4n) is 2.25. The molecule has 0 fully saturated rings. The predicted molar refractivity (Wildman–Crippen MR) is 84.8 cm³/mol. The molecule has 1 rings (SSSR count). The van der Waals surface area contributed by atoms with Gasteiger partial charge in [-0.1, -0.05) is 37.6 Å². The van der Waals surface area contributed by atoms with Crippen molar-refractivity contribution >= 4 is 11.6 Å². The number of hydrogen-bond donors (Lipinski definition) is 1. The van der Waals surface area contributed by atoms with Gasteiger partial charge >= 0.3 is 0 Å². The number of halogens is 1. The van der Waals surface area contributed by atoms with E-state index >= 15 is 0 Å². The summed E-state index contributed by atoms with van der Waals surface area (Å²) in [5.41, 5.74) is 1.26. The first-order chi connectivity index (χ1) is 8.95. The zero-order valence-electron chi connectivity index (χ0n) is 12.8. The molecule has 0 amide bonds. The van der Waals surface area contributed by atoms with Gasteiger partial charge in [0.25, 0.3) is 0 Å². The number of nitrogens with zero attached hydrogens (tertiary/aromatic N) is 1. The molecule has 0 spiro atoms. The molecule has 1 N–H and O–H groups in total. The number of benzene rings is 1. The van der Waals surface area contributed by atoms with Crippen LogP contribution in [-0.4, -0.2) is 31.6 Å². The average molecular weight is 283 g/mol. The Kier molecular flexibility index (Phi) is 6.84. The molecular formula is C16H27ClN2. The maximum absolute atomic E-state index is 6.06. The van der Waals surface area contributed by atoms with Crippen LogP contribution in [0, 0.1) is 5.92 Å². The Balaban J connectivity index is 2.58. The summed E-state index contributed by atoms with van der Waals surface area (Å²) in [4.78, 5) is 2.43. The minimum absolute atomic E-state index is 0.362. The second-order valence-corrected chi connectivity index (χ2v) is 6.09.